The van der Waals surface area contributed by atoms with E-state index < -0.39 is 0 Å². The minimum atomic E-state index is 0.402. The van der Waals surface area contributed by atoms with E-state index in [9.17, 15) is 0 Å². The highest BCUT2D eigenvalue weighted by molar-refractivity contribution is 4.89. The lowest BCUT2D eigenvalue weighted by molar-refractivity contribution is -0.111. The van der Waals surface area contributed by atoms with E-state index >= 15 is 0 Å². The molecular weight excluding hydrogens is 164 g/mol. The van der Waals surface area contributed by atoms with Gasteiger partial charge in [-0.05, 0) is 20.9 Å². The van der Waals surface area contributed by atoms with Crippen LogP contribution in [0, 0.1) is 0 Å². The molecule has 0 N–H and O–H groups in total. The van der Waals surface area contributed by atoms with Crippen LogP contribution >= 0.6 is 0 Å². The predicted molar refractivity (Wildman–Crippen MR) is 52.9 cm³/mol. The van der Waals surface area contributed by atoms with E-state index in [1.165, 1.54) is 13.1 Å². The molecule has 0 saturated carbocycles. The minimum absolute atomic E-state index is 0.402. The van der Waals surface area contributed by atoms with E-state index in [4.69, 9.17) is 4.74 Å². The van der Waals surface area contributed by atoms with Gasteiger partial charge < -0.3 is 9.64 Å². The largest absolute Gasteiger partial charge is 0.375 e. The number of morpholine rings is 1. The van der Waals surface area contributed by atoms with E-state index in [-0.39, 0.29) is 0 Å². The van der Waals surface area contributed by atoms with Crippen molar-refractivity contribution in [2.45, 2.75) is 32.0 Å². The zero-order valence-corrected chi connectivity index (χ0v) is 8.86. The maximum absolute atomic E-state index is 5.74. The number of hydrogen-bond acceptors (Lipinski definition) is 3. The summed E-state index contributed by atoms with van der Waals surface area (Å²) in [6, 6.07) is 1.22. The first-order valence-electron chi connectivity index (χ1n) is 5.24. The van der Waals surface area contributed by atoms with Crippen LogP contribution in [0.3, 0.4) is 0 Å². The van der Waals surface area contributed by atoms with Crippen molar-refractivity contribution >= 4 is 0 Å². The van der Waals surface area contributed by atoms with E-state index in [1.54, 1.807) is 0 Å². The molecule has 0 unspecified atom stereocenters. The molecule has 2 heterocycles. The molecule has 2 aliphatic rings. The van der Waals surface area contributed by atoms with Crippen molar-refractivity contribution in [1.29, 1.82) is 0 Å². The minimum Gasteiger partial charge on any atom is -0.375 e. The maximum atomic E-state index is 5.74. The molecule has 0 aromatic heterocycles. The van der Waals surface area contributed by atoms with Gasteiger partial charge in [-0.3, -0.25) is 4.90 Å². The third-order valence-electron chi connectivity index (χ3n) is 3.49. The third kappa shape index (κ3) is 1.73. The highest BCUT2D eigenvalue weighted by Gasteiger charge is 2.35. The van der Waals surface area contributed by atoms with Crippen molar-refractivity contribution in [3.05, 3.63) is 0 Å². The molecule has 0 amide bonds. The Labute approximate surface area is 80.6 Å². The first kappa shape index (κ1) is 9.44. The lowest BCUT2D eigenvalue weighted by atomic mass is 10.0. The Morgan fingerprint density at radius 3 is 2.77 bits per heavy atom. The van der Waals surface area contributed by atoms with E-state index in [0.29, 0.717) is 18.2 Å². The van der Waals surface area contributed by atoms with Gasteiger partial charge in [-0.2, -0.15) is 0 Å². The topological polar surface area (TPSA) is 15.7 Å². The number of fused-ring (bicyclic) bond motifs is 1. The number of rotatable bonds is 0. The van der Waals surface area contributed by atoms with Gasteiger partial charge in [0.05, 0.1) is 12.7 Å². The lowest BCUT2D eigenvalue weighted by Crippen LogP contribution is -2.62. The molecule has 0 aromatic rings. The molecule has 0 aromatic carbocycles. The molecule has 3 atom stereocenters. The molecule has 2 rings (SSSR count). The summed E-state index contributed by atoms with van der Waals surface area (Å²) in [5.41, 5.74) is 0. The van der Waals surface area contributed by atoms with Crippen LogP contribution in [0.15, 0.2) is 0 Å². The lowest BCUT2D eigenvalue weighted by Gasteiger charge is -2.48. The number of nitrogens with zero attached hydrogens (tertiary/aromatic N) is 2. The second-order valence-electron chi connectivity index (χ2n) is 4.43. The Balaban J connectivity index is 2.02. The Hall–Kier alpha value is -0.120. The number of likely N-dealkylation sites (N-methyl/N-ethyl adjacent to an activating group) is 1. The summed E-state index contributed by atoms with van der Waals surface area (Å²) in [5.74, 6) is 0. The fourth-order valence-corrected chi connectivity index (χ4v) is 2.38. The zero-order valence-electron chi connectivity index (χ0n) is 8.86. The van der Waals surface area contributed by atoms with Crippen LogP contribution in [0.4, 0.5) is 0 Å². The van der Waals surface area contributed by atoms with Crippen molar-refractivity contribution in [3.63, 3.8) is 0 Å². The molecule has 2 fully saturated rings. The van der Waals surface area contributed by atoms with Gasteiger partial charge in [-0.15, -0.1) is 0 Å². The second kappa shape index (κ2) is 3.56. The average Bonchev–Trinajstić information content (AvgIpc) is 2.12. The van der Waals surface area contributed by atoms with Gasteiger partial charge in [0, 0.05) is 31.7 Å². The van der Waals surface area contributed by atoms with Crippen LogP contribution in [0.1, 0.15) is 13.8 Å². The summed E-state index contributed by atoms with van der Waals surface area (Å²) < 4.78 is 5.74. The van der Waals surface area contributed by atoms with Crippen molar-refractivity contribution in [3.8, 4) is 0 Å². The fourth-order valence-electron chi connectivity index (χ4n) is 2.38. The molecule has 2 aliphatic heterocycles. The molecule has 3 nitrogen and oxygen atoms in total. The monoisotopic (exact) mass is 184 g/mol. The van der Waals surface area contributed by atoms with Gasteiger partial charge in [0.1, 0.15) is 0 Å². The molecule has 2 saturated heterocycles. The SMILES string of the molecule is C[C@@H]1OC[C@@H]2CN(C)CCN2[C@@H]1C. The molecule has 0 radical (unpaired) electrons. The van der Waals surface area contributed by atoms with Crippen LogP contribution in [0.25, 0.3) is 0 Å². The van der Waals surface area contributed by atoms with Crippen LogP contribution in [-0.2, 0) is 4.74 Å². The molecule has 0 spiro atoms. The highest BCUT2D eigenvalue weighted by Crippen LogP contribution is 2.21. The van der Waals surface area contributed by atoms with Crippen molar-refractivity contribution in [2.24, 2.45) is 0 Å². The summed E-state index contributed by atoms with van der Waals surface area (Å²) in [6.07, 6.45) is 0.402. The molecular formula is C10H20N2O. The molecule has 76 valence electrons. The standard InChI is InChI=1S/C10H20N2O/c1-8-9(2)13-7-10-6-11(3)4-5-12(8)10/h8-10H,4-7H2,1-3H3/t8-,9+,10+/m1/s1. The highest BCUT2D eigenvalue weighted by atomic mass is 16.5. The summed E-state index contributed by atoms with van der Waals surface area (Å²) >= 11 is 0. The van der Waals surface area contributed by atoms with Crippen molar-refractivity contribution < 1.29 is 4.74 Å². The molecule has 13 heavy (non-hydrogen) atoms. The molecule has 0 aliphatic carbocycles. The fraction of sp³-hybridized carbons (Fsp3) is 1.00. The number of ether oxygens (including phenoxy) is 1. The Bertz CT molecular complexity index is 186. The van der Waals surface area contributed by atoms with Gasteiger partial charge in [0.2, 0.25) is 0 Å². The third-order valence-corrected chi connectivity index (χ3v) is 3.49. The van der Waals surface area contributed by atoms with Gasteiger partial charge >= 0.3 is 0 Å². The quantitative estimate of drug-likeness (QED) is 0.542. The zero-order chi connectivity index (χ0) is 9.42. The second-order valence-corrected chi connectivity index (χ2v) is 4.43. The number of piperazine rings is 1. The van der Waals surface area contributed by atoms with Gasteiger partial charge in [-0.25, -0.2) is 0 Å². The van der Waals surface area contributed by atoms with Crippen molar-refractivity contribution in [2.75, 3.05) is 33.3 Å². The summed E-state index contributed by atoms with van der Waals surface area (Å²) in [7, 11) is 2.19. The molecule has 3 heteroatoms. The number of hydrogen-bond donors (Lipinski definition) is 0. The predicted octanol–water partition coefficient (Wildman–Crippen LogP) is 0.410. The van der Waals surface area contributed by atoms with E-state index in [0.717, 1.165) is 13.2 Å². The van der Waals surface area contributed by atoms with Crippen LogP contribution in [0.2, 0.25) is 0 Å². The average molecular weight is 184 g/mol. The summed E-state index contributed by atoms with van der Waals surface area (Å²) in [5, 5.41) is 0. The van der Waals surface area contributed by atoms with Gasteiger partial charge in [0.25, 0.3) is 0 Å². The van der Waals surface area contributed by atoms with Crippen molar-refractivity contribution in [1.82, 2.24) is 9.80 Å². The smallest absolute Gasteiger partial charge is 0.0700 e. The first-order chi connectivity index (χ1) is 6.18. The van der Waals surface area contributed by atoms with E-state index in [1.807, 2.05) is 0 Å². The Morgan fingerprint density at radius 2 is 2.00 bits per heavy atom. The van der Waals surface area contributed by atoms with Gasteiger partial charge in [0.15, 0.2) is 0 Å². The molecule has 0 bridgehead atoms. The normalized spacial score (nSPS) is 43.2. The van der Waals surface area contributed by atoms with Crippen LogP contribution in [0.5, 0.6) is 0 Å². The maximum Gasteiger partial charge on any atom is 0.0700 e. The van der Waals surface area contributed by atoms with E-state index in [2.05, 4.69) is 30.7 Å². The Morgan fingerprint density at radius 1 is 1.23 bits per heavy atom. The Kier molecular flexibility index (Phi) is 2.58. The van der Waals surface area contributed by atoms with Gasteiger partial charge in [-0.1, -0.05) is 0 Å². The van der Waals surface area contributed by atoms with Crippen LogP contribution < -0.4 is 0 Å². The summed E-state index contributed by atoms with van der Waals surface area (Å²) in [4.78, 5) is 5.00. The first-order valence-corrected chi connectivity index (χ1v) is 5.24. The summed E-state index contributed by atoms with van der Waals surface area (Å²) in [6.45, 7) is 8.94. The van der Waals surface area contributed by atoms with Crippen LogP contribution in [-0.4, -0.2) is 61.3 Å².